The molecule has 0 aliphatic rings. The van der Waals surface area contributed by atoms with E-state index in [1.54, 1.807) is 24.3 Å². The number of nitrogens with zero attached hydrogens (tertiary/aromatic N) is 1. The highest BCUT2D eigenvalue weighted by Crippen LogP contribution is 2.18. The largest absolute Gasteiger partial charge is 0.350 e. The van der Waals surface area contributed by atoms with E-state index in [1.165, 1.54) is 16.6 Å². The van der Waals surface area contributed by atoms with Crippen LogP contribution < -0.4 is 5.32 Å². The summed E-state index contributed by atoms with van der Waals surface area (Å²) in [6.45, 7) is 3.41. The number of para-hydroxylation sites is 1. The minimum absolute atomic E-state index is 0.0808. The molecule has 1 amide bonds. The van der Waals surface area contributed by atoms with Gasteiger partial charge in [0.25, 0.3) is 5.91 Å². The second-order valence-electron chi connectivity index (χ2n) is 5.47. The fourth-order valence-electron chi connectivity index (χ4n) is 2.75. The molecule has 0 aliphatic heterocycles. The van der Waals surface area contributed by atoms with Crippen molar-refractivity contribution in [3.63, 3.8) is 0 Å². The second-order valence-corrected chi connectivity index (χ2v) is 5.47. The van der Waals surface area contributed by atoms with Gasteiger partial charge in [0, 0.05) is 35.4 Å². The van der Waals surface area contributed by atoms with Crippen LogP contribution in [0.1, 0.15) is 21.6 Å². The number of carbonyl (C=O) groups excluding carboxylic acids is 1. The van der Waals surface area contributed by atoms with Crippen LogP contribution in [0.4, 0.5) is 0 Å². The summed E-state index contributed by atoms with van der Waals surface area (Å²) in [6, 6.07) is 17.5. The lowest BCUT2D eigenvalue weighted by Gasteiger charge is -2.10. The van der Waals surface area contributed by atoms with Crippen LogP contribution >= 0.6 is 0 Å². The minimum atomic E-state index is -0.0808. The number of hydrogen-bond donors (Lipinski definition) is 1. The fourth-order valence-corrected chi connectivity index (χ4v) is 2.75. The molecule has 2 aromatic carbocycles. The van der Waals surface area contributed by atoms with Crippen molar-refractivity contribution in [1.29, 1.82) is 0 Å². The third-order valence-corrected chi connectivity index (χ3v) is 3.95. The normalized spacial score (nSPS) is 10.4. The summed E-state index contributed by atoms with van der Waals surface area (Å²) in [5, 5.41) is 4.18. The average molecular weight is 302 g/mol. The quantitative estimate of drug-likeness (QED) is 0.737. The Morgan fingerprint density at radius 2 is 1.91 bits per heavy atom. The van der Waals surface area contributed by atoms with Gasteiger partial charge in [-0.15, -0.1) is 6.42 Å². The highest BCUT2D eigenvalue weighted by molar-refractivity contribution is 5.94. The molecule has 0 atom stereocenters. The van der Waals surface area contributed by atoms with Gasteiger partial charge >= 0.3 is 0 Å². The van der Waals surface area contributed by atoms with Crippen LogP contribution in [0.5, 0.6) is 0 Å². The van der Waals surface area contributed by atoms with Gasteiger partial charge in [0.2, 0.25) is 0 Å². The molecule has 0 aliphatic carbocycles. The van der Waals surface area contributed by atoms with E-state index in [-0.39, 0.29) is 5.91 Å². The molecule has 0 spiro atoms. The van der Waals surface area contributed by atoms with Crippen LogP contribution in [0.15, 0.2) is 54.6 Å². The minimum Gasteiger partial charge on any atom is -0.350 e. The number of aryl methyl sites for hydroxylation is 1. The summed E-state index contributed by atoms with van der Waals surface area (Å²) in [5.41, 5.74) is 3.78. The van der Waals surface area contributed by atoms with Gasteiger partial charge < -0.3 is 9.88 Å². The zero-order chi connectivity index (χ0) is 16.2. The lowest BCUT2D eigenvalue weighted by atomic mass is 10.1. The predicted octanol–water partition coefficient (Wildman–Crippen LogP) is 3.36. The SMILES string of the molecule is C#Cc1ccc(C(=O)NCCn2c(C)cc3ccccc32)cc1. The second kappa shape index (κ2) is 6.41. The topological polar surface area (TPSA) is 34.0 Å². The first-order valence-corrected chi connectivity index (χ1v) is 7.59. The van der Waals surface area contributed by atoms with Gasteiger partial charge in [-0.1, -0.05) is 24.1 Å². The van der Waals surface area contributed by atoms with Crippen LogP contribution in [0.25, 0.3) is 10.9 Å². The monoisotopic (exact) mass is 302 g/mol. The Hall–Kier alpha value is -2.99. The lowest BCUT2D eigenvalue weighted by molar-refractivity contribution is 0.0952. The van der Waals surface area contributed by atoms with Crippen molar-refractivity contribution < 1.29 is 4.79 Å². The van der Waals surface area contributed by atoms with Gasteiger partial charge in [-0.3, -0.25) is 4.79 Å². The standard InChI is InChI=1S/C20H18N2O/c1-3-16-8-10-17(11-9-16)20(23)21-12-13-22-15(2)14-18-6-4-5-7-19(18)22/h1,4-11,14H,12-13H2,2H3,(H,21,23). The Labute approximate surface area is 135 Å². The molecule has 1 aromatic heterocycles. The Morgan fingerprint density at radius 1 is 1.17 bits per heavy atom. The van der Waals surface area contributed by atoms with E-state index >= 15 is 0 Å². The van der Waals surface area contributed by atoms with Crippen molar-refractivity contribution in [3.05, 3.63) is 71.4 Å². The number of carbonyl (C=O) groups is 1. The molecule has 0 bridgehead atoms. The third kappa shape index (κ3) is 3.12. The summed E-state index contributed by atoms with van der Waals surface area (Å²) >= 11 is 0. The van der Waals surface area contributed by atoms with Crippen LogP contribution in [0.3, 0.4) is 0 Å². The molecule has 1 N–H and O–H groups in total. The molecule has 23 heavy (non-hydrogen) atoms. The first kappa shape index (κ1) is 14.9. The Morgan fingerprint density at radius 3 is 2.65 bits per heavy atom. The number of aromatic nitrogens is 1. The van der Waals surface area contributed by atoms with Gasteiger partial charge in [0.1, 0.15) is 0 Å². The maximum atomic E-state index is 12.1. The first-order valence-electron chi connectivity index (χ1n) is 7.59. The molecule has 0 saturated carbocycles. The van der Waals surface area contributed by atoms with E-state index in [0.717, 1.165) is 12.1 Å². The van der Waals surface area contributed by atoms with Crippen molar-refractivity contribution in [2.45, 2.75) is 13.5 Å². The van der Waals surface area contributed by atoms with E-state index in [4.69, 9.17) is 6.42 Å². The number of terminal acetylenes is 1. The molecule has 0 radical (unpaired) electrons. The molecule has 0 unspecified atom stereocenters. The summed E-state index contributed by atoms with van der Waals surface area (Å²) in [4.78, 5) is 12.1. The van der Waals surface area contributed by atoms with Crippen molar-refractivity contribution in [1.82, 2.24) is 9.88 Å². The summed E-state index contributed by atoms with van der Waals surface area (Å²) < 4.78 is 2.22. The van der Waals surface area contributed by atoms with Crippen LogP contribution in [0, 0.1) is 19.3 Å². The maximum Gasteiger partial charge on any atom is 0.251 e. The number of nitrogens with one attached hydrogen (secondary N) is 1. The molecule has 3 aromatic rings. The van der Waals surface area contributed by atoms with Crippen molar-refractivity contribution in [3.8, 4) is 12.3 Å². The number of benzene rings is 2. The molecular weight excluding hydrogens is 284 g/mol. The Bertz CT molecular complexity index is 882. The number of amides is 1. The van der Waals surface area contributed by atoms with E-state index in [9.17, 15) is 4.79 Å². The highest BCUT2D eigenvalue weighted by atomic mass is 16.1. The fraction of sp³-hybridized carbons (Fsp3) is 0.150. The van der Waals surface area contributed by atoms with Gasteiger partial charge in [-0.2, -0.15) is 0 Å². The van der Waals surface area contributed by atoms with Gasteiger partial charge in [-0.05, 0) is 48.7 Å². The maximum absolute atomic E-state index is 12.1. The summed E-state index contributed by atoms with van der Waals surface area (Å²) in [7, 11) is 0. The molecule has 1 heterocycles. The van der Waals surface area contributed by atoms with Crippen molar-refractivity contribution >= 4 is 16.8 Å². The highest BCUT2D eigenvalue weighted by Gasteiger charge is 2.07. The molecule has 0 fully saturated rings. The van der Waals surface area contributed by atoms with E-state index in [2.05, 4.69) is 40.9 Å². The van der Waals surface area contributed by atoms with Crippen LogP contribution in [-0.2, 0) is 6.54 Å². The number of hydrogen-bond acceptors (Lipinski definition) is 1. The summed E-state index contributed by atoms with van der Waals surface area (Å²) in [5.74, 6) is 2.46. The van der Waals surface area contributed by atoms with Crippen LogP contribution in [0.2, 0.25) is 0 Å². The zero-order valence-corrected chi connectivity index (χ0v) is 13.0. The number of fused-ring (bicyclic) bond motifs is 1. The van der Waals surface area contributed by atoms with E-state index < -0.39 is 0 Å². The zero-order valence-electron chi connectivity index (χ0n) is 13.0. The molecule has 3 rings (SSSR count). The lowest BCUT2D eigenvalue weighted by Crippen LogP contribution is -2.27. The Kier molecular flexibility index (Phi) is 4.16. The third-order valence-electron chi connectivity index (χ3n) is 3.95. The summed E-state index contributed by atoms with van der Waals surface area (Å²) in [6.07, 6.45) is 5.32. The van der Waals surface area contributed by atoms with Gasteiger partial charge in [-0.25, -0.2) is 0 Å². The van der Waals surface area contributed by atoms with Gasteiger partial charge in [0.05, 0.1) is 0 Å². The Balaban J connectivity index is 1.65. The van der Waals surface area contributed by atoms with Crippen molar-refractivity contribution in [2.75, 3.05) is 6.54 Å². The average Bonchev–Trinajstić information content (AvgIpc) is 2.90. The predicted molar refractivity (Wildman–Crippen MR) is 93.4 cm³/mol. The molecule has 3 heteroatoms. The van der Waals surface area contributed by atoms with Crippen molar-refractivity contribution in [2.24, 2.45) is 0 Å². The first-order chi connectivity index (χ1) is 11.2. The molecular formula is C20H18N2O. The smallest absolute Gasteiger partial charge is 0.251 e. The van der Waals surface area contributed by atoms with Gasteiger partial charge in [0.15, 0.2) is 0 Å². The van der Waals surface area contributed by atoms with Crippen LogP contribution in [-0.4, -0.2) is 17.0 Å². The van der Waals surface area contributed by atoms with E-state index in [0.29, 0.717) is 12.1 Å². The van der Waals surface area contributed by atoms with E-state index in [1.807, 2.05) is 12.1 Å². The molecule has 114 valence electrons. The molecule has 0 saturated heterocycles. The number of rotatable bonds is 4. The molecule has 3 nitrogen and oxygen atoms in total.